The molecule has 1 unspecified atom stereocenters. The lowest BCUT2D eigenvalue weighted by atomic mass is 9.76. The fraction of sp³-hybridized carbons (Fsp3) is 0.400. The molecule has 120 valence electrons. The van der Waals surface area contributed by atoms with Crippen molar-refractivity contribution < 1.29 is 9.47 Å². The number of benzene rings is 2. The van der Waals surface area contributed by atoms with E-state index in [-0.39, 0.29) is 0 Å². The van der Waals surface area contributed by atoms with Crippen molar-refractivity contribution in [3.8, 4) is 22.6 Å². The van der Waals surface area contributed by atoms with E-state index in [2.05, 4.69) is 42.2 Å². The molecule has 0 fully saturated rings. The lowest BCUT2D eigenvalue weighted by Gasteiger charge is -2.42. The smallest absolute Gasteiger partial charge is 0.168 e. The third-order valence-corrected chi connectivity index (χ3v) is 5.34. The number of hydrogen-bond acceptors (Lipinski definition) is 3. The number of fused-ring (bicyclic) bond motifs is 2. The second kappa shape index (κ2) is 5.57. The lowest BCUT2D eigenvalue weighted by molar-refractivity contribution is 0.192. The van der Waals surface area contributed by atoms with Gasteiger partial charge in [0.1, 0.15) is 0 Å². The van der Waals surface area contributed by atoms with E-state index in [1.54, 1.807) is 14.2 Å². The molecule has 3 nitrogen and oxygen atoms in total. The quantitative estimate of drug-likeness (QED) is 0.859. The molecule has 0 bridgehead atoms. The number of hydrogen-bond donors (Lipinski definition) is 0. The van der Waals surface area contributed by atoms with E-state index in [0.29, 0.717) is 6.04 Å². The van der Waals surface area contributed by atoms with Crippen molar-refractivity contribution in [2.24, 2.45) is 0 Å². The molecule has 0 aromatic heterocycles. The molecule has 4 rings (SSSR count). The fourth-order valence-corrected chi connectivity index (χ4v) is 4.28. The summed E-state index contributed by atoms with van der Waals surface area (Å²) in [5.74, 6) is 1.73. The van der Waals surface area contributed by atoms with Crippen molar-refractivity contribution in [2.75, 3.05) is 27.3 Å². The Balaban J connectivity index is 2.06. The molecule has 1 aliphatic carbocycles. The first-order valence-electron chi connectivity index (χ1n) is 8.38. The van der Waals surface area contributed by atoms with Crippen LogP contribution in [-0.4, -0.2) is 32.2 Å². The van der Waals surface area contributed by atoms with Gasteiger partial charge in [0.25, 0.3) is 0 Å². The summed E-state index contributed by atoms with van der Waals surface area (Å²) in [5.41, 5.74) is 6.82. The summed E-state index contributed by atoms with van der Waals surface area (Å²) in [5, 5.41) is 0. The maximum Gasteiger partial charge on any atom is 0.168 e. The molecule has 0 amide bonds. The van der Waals surface area contributed by atoms with Crippen molar-refractivity contribution in [1.82, 2.24) is 4.90 Å². The van der Waals surface area contributed by atoms with E-state index < -0.39 is 0 Å². The first kappa shape index (κ1) is 14.6. The molecule has 3 heteroatoms. The predicted octanol–water partition coefficient (Wildman–Crippen LogP) is 3.85. The molecule has 0 radical (unpaired) electrons. The summed E-state index contributed by atoms with van der Waals surface area (Å²) < 4.78 is 11.4. The number of nitrogens with zero attached hydrogens (tertiary/aromatic N) is 1. The number of methoxy groups -OCH3 is 2. The largest absolute Gasteiger partial charge is 0.493 e. The molecule has 0 saturated heterocycles. The summed E-state index contributed by atoms with van der Waals surface area (Å²) in [6.45, 7) is 4.46. The first-order valence-corrected chi connectivity index (χ1v) is 8.38. The average Bonchev–Trinajstić information content (AvgIpc) is 2.61. The normalized spacial score (nSPS) is 19.0. The highest BCUT2D eigenvalue weighted by atomic mass is 16.5. The summed E-state index contributed by atoms with van der Waals surface area (Å²) in [4.78, 5) is 2.59. The Kier molecular flexibility index (Phi) is 3.53. The average molecular weight is 309 g/mol. The molecule has 23 heavy (non-hydrogen) atoms. The molecular weight excluding hydrogens is 286 g/mol. The van der Waals surface area contributed by atoms with Crippen LogP contribution < -0.4 is 9.47 Å². The highest BCUT2D eigenvalue weighted by molar-refractivity contribution is 5.83. The van der Waals surface area contributed by atoms with E-state index in [0.717, 1.165) is 37.4 Å². The maximum atomic E-state index is 5.79. The van der Waals surface area contributed by atoms with Gasteiger partial charge in [-0.05, 0) is 47.7 Å². The van der Waals surface area contributed by atoms with Gasteiger partial charge < -0.3 is 9.47 Å². The summed E-state index contributed by atoms with van der Waals surface area (Å²) in [7, 11) is 3.47. The van der Waals surface area contributed by atoms with E-state index in [1.807, 2.05) is 0 Å². The van der Waals surface area contributed by atoms with Gasteiger partial charge in [-0.3, -0.25) is 4.90 Å². The van der Waals surface area contributed by atoms with Crippen LogP contribution in [0.5, 0.6) is 11.5 Å². The minimum atomic E-state index is 0.452. The molecule has 0 saturated carbocycles. The van der Waals surface area contributed by atoms with Crippen LogP contribution in [0.2, 0.25) is 0 Å². The molecule has 2 aliphatic rings. The van der Waals surface area contributed by atoms with Gasteiger partial charge in [-0.1, -0.05) is 31.2 Å². The summed E-state index contributed by atoms with van der Waals surface area (Å²) in [6, 6.07) is 11.4. The van der Waals surface area contributed by atoms with Gasteiger partial charge in [-0.15, -0.1) is 0 Å². The third kappa shape index (κ3) is 2.07. The number of likely N-dealkylation sites (N-methyl/N-ethyl adjacent to an activating group) is 1. The van der Waals surface area contributed by atoms with Gasteiger partial charge in [0.05, 0.1) is 14.2 Å². The Morgan fingerprint density at radius 2 is 1.96 bits per heavy atom. The summed E-state index contributed by atoms with van der Waals surface area (Å²) in [6.07, 6.45) is 2.16. The van der Waals surface area contributed by atoms with Crippen LogP contribution in [0.4, 0.5) is 0 Å². The van der Waals surface area contributed by atoms with Crippen molar-refractivity contribution >= 4 is 0 Å². The van der Waals surface area contributed by atoms with Crippen LogP contribution in [0.3, 0.4) is 0 Å². The third-order valence-electron chi connectivity index (χ3n) is 5.34. The number of rotatable bonds is 3. The second-order valence-corrected chi connectivity index (χ2v) is 6.32. The van der Waals surface area contributed by atoms with E-state index in [9.17, 15) is 0 Å². The van der Waals surface area contributed by atoms with Crippen molar-refractivity contribution in [3.05, 3.63) is 47.0 Å². The minimum Gasteiger partial charge on any atom is -0.493 e. The van der Waals surface area contributed by atoms with Gasteiger partial charge in [-0.2, -0.15) is 0 Å². The Bertz CT molecular complexity index is 754. The van der Waals surface area contributed by atoms with E-state index in [1.165, 1.54) is 27.8 Å². The zero-order valence-corrected chi connectivity index (χ0v) is 14.1. The molecule has 2 aromatic rings. The lowest BCUT2D eigenvalue weighted by Crippen LogP contribution is -2.38. The standard InChI is InChI=1S/C20H23NO2/c1-4-21-10-9-14-12-17(22-2)20(23-3)19-15-8-6-5-7-13(15)11-16(21)18(14)19/h5-8,12,16H,4,9-11H2,1-3H3. The molecule has 0 N–H and O–H groups in total. The van der Waals surface area contributed by atoms with Crippen LogP contribution in [0.15, 0.2) is 30.3 Å². The van der Waals surface area contributed by atoms with Crippen LogP contribution in [0.25, 0.3) is 11.1 Å². The first-order chi connectivity index (χ1) is 11.3. The maximum absolute atomic E-state index is 5.79. The van der Waals surface area contributed by atoms with Gasteiger partial charge in [0.2, 0.25) is 0 Å². The van der Waals surface area contributed by atoms with Crippen molar-refractivity contribution in [2.45, 2.75) is 25.8 Å². The zero-order valence-electron chi connectivity index (χ0n) is 14.1. The van der Waals surface area contributed by atoms with Gasteiger partial charge in [0.15, 0.2) is 11.5 Å². The Labute approximate surface area is 137 Å². The van der Waals surface area contributed by atoms with Crippen molar-refractivity contribution in [3.63, 3.8) is 0 Å². The summed E-state index contributed by atoms with van der Waals surface area (Å²) >= 11 is 0. The Hall–Kier alpha value is -2.00. The molecule has 1 atom stereocenters. The monoisotopic (exact) mass is 309 g/mol. The molecule has 1 aliphatic heterocycles. The van der Waals surface area contributed by atoms with Gasteiger partial charge >= 0.3 is 0 Å². The zero-order chi connectivity index (χ0) is 16.0. The minimum absolute atomic E-state index is 0.452. The second-order valence-electron chi connectivity index (χ2n) is 6.32. The van der Waals surface area contributed by atoms with Crippen LogP contribution >= 0.6 is 0 Å². The van der Waals surface area contributed by atoms with Crippen LogP contribution in [0.1, 0.15) is 29.7 Å². The molecule has 1 heterocycles. The fourth-order valence-electron chi connectivity index (χ4n) is 4.28. The molecular formula is C20H23NO2. The highest BCUT2D eigenvalue weighted by Gasteiger charge is 2.36. The Morgan fingerprint density at radius 1 is 1.13 bits per heavy atom. The topological polar surface area (TPSA) is 21.7 Å². The molecule has 2 aromatic carbocycles. The molecule has 0 spiro atoms. The van der Waals surface area contributed by atoms with Crippen LogP contribution in [-0.2, 0) is 12.8 Å². The van der Waals surface area contributed by atoms with Gasteiger partial charge in [0, 0.05) is 18.2 Å². The van der Waals surface area contributed by atoms with Gasteiger partial charge in [-0.25, -0.2) is 0 Å². The Morgan fingerprint density at radius 3 is 2.70 bits per heavy atom. The van der Waals surface area contributed by atoms with Crippen LogP contribution in [0, 0.1) is 0 Å². The number of ether oxygens (including phenoxy) is 2. The predicted molar refractivity (Wildman–Crippen MR) is 92.4 cm³/mol. The SMILES string of the molecule is CCN1CCc2cc(OC)c(OC)c3c2C1Cc1ccccc1-3. The highest BCUT2D eigenvalue weighted by Crippen LogP contribution is 2.52. The van der Waals surface area contributed by atoms with E-state index in [4.69, 9.17) is 9.47 Å². The van der Waals surface area contributed by atoms with Crippen molar-refractivity contribution in [1.29, 1.82) is 0 Å². The van der Waals surface area contributed by atoms with E-state index >= 15 is 0 Å².